The summed E-state index contributed by atoms with van der Waals surface area (Å²) in [5.41, 5.74) is 2.75. The number of nitro benzene ring substituents is 1. The zero-order valence-electron chi connectivity index (χ0n) is 19.7. The van der Waals surface area contributed by atoms with E-state index in [0.29, 0.717) is 28.3 Å². The molecule has 37 heavy (non-hydrogen) atoms. The second-order valence-corrected chi connectivity index (χ2v) is 9.00. The number of rotatable bonds is 8. The van der Waals surface area contributed by atoms with Crippen LogP contribution in [0.2, 0.25) is 0 Å². The molecule has 1 aliphatic heterocycles. The average Bonchev–Trinajstić information content (AvgIpc) is 3.23. The minimum atomic E-state index is -0.589. The number of carbonyl (C=O) groups is 2. The molecule has 0 unspecified atom stereocenters. The molecule has 3 aromatic carbocycles. The van der Waals surface area contributed by atoms with E-state index >= 15 is 0 Å². The summed E-state index contributed by atoms with van der Waals surface area (Å²) in [5.74, 6) is 0.338. The van der Waals surface area contributed by atoms with Crippen molar-refractivity contribution in [1.29, 1.82) is 0 Å². The summed E-state index contributed by atoms with van der Waals surface area (Å²) >= 11 is 2.10. The maximum atomic E-state index is 12.4. The third-order valence-corrected chi connectivity index (χ3v) is 5.96. The van der Waals surface area contributed by atoms with Crippen molar-refractivity contribution in [2.75, 3.05) is 12.4 Å². The Morgan fingerprint density at radius 1 is 1.16 bits per heavy atom. The molecule has 1 amide bonds. The standard InChI is InChI=1S/C26H20IN3O7/c1-15(31)28-19-7-5-18(6-8-19)25-29-22(26(32)37-25)12-17-11-21(27)24(23(13-17)35-2)36-14-16-3-9-20(10-4-16)30(33)34/h3-13H,14H2,1-2H3,(H,28,31)/b22-12-. The number of amides is 1. The van der Waals surface area contributed by atoms with Gasteiger partial charge in [-0.3, -0.25) is 14.9 Å². The third kappa shape index (κ3) is 6.30. The van der Waals surface area contributed by atoms with Gasteiger partial charge in [0.1, 0.15) is 6.61 Å². The number of esters is 1. The molecule has 0 bridgehead atoms. The van der Waals surface area contributed by atoms with Crippen molar-refractivity contribution in [3.05, 3.63) is 96.7 Å². The van der Waals surface area contributed by atoms with E-state index in [0.717, 1.165) is 9.13 Å². The lowest BCUT2D eigenvalue weighted by Gasteiger charge is -2.13. The summed E-state index contributed by atoms with van der Waals surface area (Å²) in [7, 11) is 1.51. The Labute approximate surface area is 225 Å². The van der Waals surface area contributed by atoms with Crippen molar-refractivity contribution in [3.63, 3.8) is 0 Å². The number of aliphatic imine (C=N–C) groups is 1. The molecular formula is C26H20IN3O7. The molecule has 0 saturated heterocycles. The number of ether oxygens (including phenoxy) is 3. The molecule has 10 nitrogen and oxygen atoms in total. The number of cyclic esters (lactones) is 1. The highest BCUT2D eigenvalue weighted by atomic mass is 127. The van der Waals surface area contributed by atoms with Crippen LogP contribution in [0.3, 0.4) is 0 Å². The fraction of sp³-hybridized carbons (Fsp3) is 0.115. The summed E-state index contributed by atoms with van der Waals surface area (Å²) in [6.45, 7) is 1.60. The number of halogens is 1. The van der Waals surface area contributed by atoms with Crippen LogP contribution in [0.5, 0.6) is 11.5 Å². The summed E-state index contributed by atoms with van der Waals surface area (Å²) < 4.78 is 17.5. The predicted octanol–water partition coefficient (Wildman–Crippen LogP) is 5.09. The molecule has 1 N–H and O–H groups in total. The number of non-ortho nitro benzene ring substituents is 1. The van der Waals surface area contributed by atoms with Crippen molar-refractivity contribution >= 4 is 57.8 Å². The number of anilines is 1. The summed E-state index contributed by atoms with van der Waals surface area (Å²) in [4.78, 5) is 38.3. The second-order valence-electron chi connectivity index (χ2n) is 7.84. The van der Waals surface area contributed by atoms with Gasteiger partial charge in [-0.2, -0.15) is 0 Å². The normalized spacial score (nSPS) is 13.6. The number of benzene rings is 3. The maximum absolute atomic E-state index is 12.4. The lowest BCUT2D eigenvalue weighted by molar-refractivity contribution is -0.384. The molecule has 4 rings (SSSR count). The van der Waals surface area contributed by atoms with Gasteiger partial charge < -0.3 is 19.5 Å². The molecule has 11 heteroatoms. The van der Waals surface area contributed by atoms with E-state index in [1.54, 1.807) is 48.5 Å². The van der Waals surface area contributed by atoms with Gasteiger partial charge in [-0.25, -0.2) is 9.79 Å². The number of nitrogens with one attached hydrogen (secondary N) is 1. The van der Waals surface area contributed by atoms with Gasteiger partial charge in [0.15, 0.2) is 17.2 Å². The minimum absolute atomic E-state index is 0.00608. The van der Waals surface area contributed by atoms with Gasteiger partial charge in [0, 0.05) is 30.3 Å². The van der Waals surface area contributed by atoms with Gasteiger partial charge in [0.2, 0.25) is 11.8 Å². The Balaban J connectivity index is 1.52. The fourth-order valence-corrected chi connectivity index (χ4v) is 4.20. The van der Waals surface area contributed by atoms with Gasteiger partial charge in [0.25, 0.3) is 5.69 Å². The van der Waals surface area contributed by atoms with Crippen LogP contribution in [-0.2, 0) is 20.9 Å². The summed E-state index contributed by atoms with van der Waals surface area (Å²) in [5, 5.41) is 13.5. The Kier molecular flexibility index (Phi) is 7.82. The molecule has 1 heterocycles. The molecule has 0 aliphatic carbocycles. The van der Waals surface area contributed by atoms with Gasteiger partial charge in [0.05, 0.1) is 15.6 Å². The largest absolute Gasteiger partial charge is 0.493 e. The SMILES string of the molecule is COc1cc(/C=C2\N=C(c3ccc(NC(C)=O)cc3)OC2=O)cc(I)c1OCc1ccc([N+](=O)[O-])cc1. The number of hydrogen-bond acceptors (Lipinski definition) is 8. The molecule has 0 radical (unpaired) electrons. The quantitative estimate of drug-likeness (QED) is 0.123. The molecule has 0 spiro atoms. The molecule has 188 valence electrons. The van der Waals surface area contributed by atoms with Gasteiger partial charge in [-0.05, 0) is 88.3 Å². The molecule has 1 aliphatic rings. The number of nitro groups is 1. The number of hydrogen-bond donors (Lipinski definition) is 1. The smallest absolute Gasteiger partial charge is 0.363 e. The summed E-state index contributed by atoms with van der Waals surface area (Å²) in [6, 6.07) is 16.4. The fourth-order valence-electron chi connectivity index (χ4n) is 3.42. The van der Waals surface area contributed by atoms with E-state index in [1.807, 2.05) is 6.07 Å². The number of nitrogens with zero attached hydrogens (tertiary/aromatic N) is 2. The minimum Gasteiger partial charge on any atom is -0.493 e. The highest BCUT2D eigenvalue weighted by Crippen LogP contribution is 2.35. The average molecular weight is 613 g/mol. The van der Waals surface area contributed by atoms with Crippen LogP contribution in [0.25, 0.3) is 6.08 Å². The molecule has 0 atom stereocenters. The van der Waals surface area contributed by atoms with E-state index in [9.17, 15) is 19.7 Å². The zero-order valence-corrected chi connectivity index (χ0v) is 21.8. The van der Waals surface area contributed by atoms with Gasteiger partial charge in [-0.1, -0.05) is 0 Å². The van der Waals surface area contributed by atoms with Crippen LogP contribution in [0.15, 0.2) is 71.4 Å². The van der Waals surface area contributed by atoms with E-state index in [1.165, 1.54) is 26.2 Å². The zero-order chi connectivity index (χ0) is 26.5. The lowest BCUT2D eigenvalue weighted by Crippen LogP contribution is -2.07. The second kappa shape index (κ2) is 11.2. The van der Waals surface area contributed by atoms with E-state index in [-0.39, 0.29) is 29.8 Å². The molecule has 0 saturated carbocycles. The third-order valence-electron chi connectivity index (χ3n) is 5.16. The highest BCUT2D eigenvalue weighted by molar-refractivity contribution is 14.1. The van der Waals surface area contributed by atoms with Crippen molar-refractivity contribution in [1.82, 2.24) is 0 Å². The van der Waals surface area contributed by atoms with Crippen molar-refractivity contribution in [3.8, 4) is 11.5 Å². The highest BCUT2D eigenvalue weighted by Gasteiger charge is 2.24. The van der Waals surface area contributed by atoms with Crippen LogP contribution in [0.4, 0.5) is 11.4 Å². The first-order valence-corrected chi connectivity index (χ1v) is 12.0. The van der Waals surface area contributed by atoms with Gasteiger partial charge in [-0.15, -0.1) is 0 Å². The van der Waals surface area contributed by atoms with Crippen molar-refractivity contribution in [2.24, 2.45) is 4.99 Å². The predicted molar refractivity (Wildman–Crippen MR) is 144 cm³/mol. The van der Waals surface area contributed by atoms with E-state index < -0.39 is 10.9 Å². The molecule has 0 aromatic heterocycles. The Morgan fingerprint density at radius 3 is 2.49 bits per heavy atom. The van der Waals surface area contributed by atoms with Crippen LogP contribution in [0, 0.1) is 13.7 Å². The monoisotopic (exact) mass is 613 g/mol. The van der Waals surface area contributed by atoms with Crippen LogP contribution in [-0.4, -0.2) is 29.8 Å². The number of methoxy groups -OCH3 is 1. The summed E-state index contributed by atoms with van der Waals surface area (Å²) in [6.07, 6.45) is 1.59. The Morgan fingerprint density at radius 2 is 1.86 bits per heavy atom. The van der Waals surface area contributed by atoms with E-state index in [4.69, 9.17) is 14.2 Å². The van der Waals surface area contributed by atoms with E-state index in [2.05, 4.69) is 32.9 Å². The van der Waals surface area contributed by atoms with Gasteiger partial charge >= 0.3 is 5.97 Å². The first-order chi connectivity index (χ1) is 17.7. The Bertz CT molecular complexity index is 1430. The molecule has 0 fully saturated rings. The molecule has 3 aromatic rings. The van der Waals surface area contributed by atoms with Crippen LogP contribution < -0.4 is 14.8 Å². The molecular weight excluding hydrogens is 593 g/mol. The van der Waals surface area contributed by atoms with Crippen LogP contribution >= 0.6 is 22.6 Å². The first-order valence-electron chi connectivity index (χ1n) is 10.9. The van der Waals surface area contributed by atoms with Crippen molar-refractivity contribution < 1.29 is 28.7 Å². The first kappa shape index (κ1) is 25.8. The van der Waals surface area contributed by atoms with Crippen molar-refractivity contribution in [2.45, 2.75) is 13.5 Å². The lowest BCUT2D eigenvalue weighted by atomic mass is 10.1. The number of carbonyl (C=O) groups excluding carboxylic acids is 2. The topological polar surface area (TPSA) is 129 Å². The van der Waals surface area contributed by atoms with Crippen LogP contribution in [0.1, 0.15) is 23.6 Å². The maximum Gasteiger partial charge on any atom is 0.363 e. The Hall–Kier alpha value is -4.26.